The third-order valence-corrected chi connectivity index (χ3v) is 4.80. The molecule has 0 radical (unpaired) electrons. The predicted molar refractivity (Wildman–Crippen MR) is 90.7 cm³/mol. The summed E-state index contributed by atoms with van der Waals surface area (Å²) in [5.74, 6) is -0.945. The quantitative estimate of drug-likeness (QED) is 0.891. The summed E-state index contributed by atoms with van der Waals surface area (Å²) in [5.41, 5.74) is 8.35. The van der Waals surface area contributed by atoms with Crippen LogP contribution in [0.1, 0.15) is 60.1 Å². The van der Waals surface area contributed by atoms with Crippen molar-refractivity contribution in [2.75, 3.05) is 5.73 Å². The number of hydrogen-bond acceptors (Lipinski definition) is 4. The van der Waals surface area contributed by atoms with Gasteiger partial charge in [0.2, 0.25) is 0 Å². The first kappa shape index (κ1) is 16.5. The van der Waals surface area contributed by atoms with Gasteiger partial charge in [0.25, 0.3) is 0 Å². The summed E-state index contributed by atoms with van der Waals surface area (Å²) in [4.78, 5) is 15.9. The maximum Gasteiger partial charge on any atom is 0.355 e. The molecular weight excluding hydrogens is 296 g/mol. The summed E-state index contributed by atoms with van der Waals surface area (Å²) in [5, 5.41) is 9.52. The number of nitrogen functional groups attached to an aromatic ring is 1. The van der Waals surface area contributed by atoms with E-state index in [-0.39, 0.29) is 17.0 Å². The van der Waals surface area contributed by atoms with Crippen molar-refractivity contribution >= 4 is 22.4 Å². The Hall–Kier alpha value is -1.88. The van der Waals surface area contributed by atoms with E-state index in [9.17, 15) is 9.90 Å². The van der Waals surface area contributed by atoms with Gasteiger partial charge >= 0.3 is 5.97 Å². The number of carbonyl (C=O) groups is 1. The SMILES string of the molecule is CC(Cc1ccc(C(C)(C)C)cc1)c1sc(N)nc1C(=O)O. The number of hydrogen-bond donors (Lipinski definition) is 2. The highest BCUT2D eigenvalue weighted by Crippen LogP contribution is 2.31. The number of nitrogens with two attached hydrogens (primary N) is 1. The maximum absolute atomic E-state index is 11.2. The van der Waals surface area contributed by atoms with Crippen molar-refractivity contribution in [1.29, 1.82) is 0 Å². The normalized spacial score (nSPS) is 13.1. The number of anilines is 1. The van der Waals surface area contributed by atoms with Crippen LogP contribution in [0.2, 0.25) is 0 Å². The largest absolute Gasteiger partial charge is 0.476 e. The molecule has 0 fully saturated rings. The first-order valence-electron chi connectivity index (χ1n) is 7.27. The number of benzene rings is 1. The lowest BCUT2D eigenvalue weighted by Gasteiger charge is -2.19. The Kier molecular flexibility index (Phi) is 4.56. The molecule has 1 aromatic carbocycles. The number of thiazole rings is 1. The van der Waals surface area contributed by atoms with Gasteiger partial charge in [-0.05, 0) is 28.9 Å². The lowest BCUT2D eigenvalue weighted by molar-refractivity contribution is 0.0690. The van der Waals surface area contributed by atoms with E-state index in [2.05, 4.69) is 50.0 Å². The molecule has 0 aliphatic carbocycles. The molecule has 0 aliphatic heterocycles. The molecule has 1 atom stereocenters. The molecular formula is C17H22N2O2S. The number of aromatic nitrogens is 1. The van der Waals surface area contributed by atoms with Crippen LogP contribution in [0.15, 0.2) is 24.3 Å². The van der Waals surface area contributed by atoms with Gasteiger partial charge in [-0.2, -0.15) is 0 Å². The van der Waals surface area contributed by atoms with E-state index >= 15 is 0 Å². The van der Waals surface area contributed by atoms with Crippen LogP contribution in [0.25, 0.3) is 0 Å². The van der Waals surface area contributed by atoms with E-state index in [1.807, 2.05) is 6.92 Å². The minimum Gasteiger partial charge on any atom is -0.476 e. The van der Waals surface area contributed by atoms with Crippen LogP contribution in [-0.2, 0) is 11.8 Å². The molecule has 0 spiro atoms. The molecule has 118 valence electrons. The smallest absolute Gasteiger partial charge is 0.355 e. The molecule has 0 bridgehead atoms. The van der Waals surface area contributed by atoms with Crippen LogP contribution in [0.4, 0.5) is 5.13 Å². The molecule has 22 heavy (non-hydrogen) atoms. The second-order valence-corrected chi connectivity index (χ2v) is 7.68. The Balaban J connectivity index is 2.19. The summed E-state index contributed by atoms with van der Waals surface area (Å²) in [6.07, 6.45) is 0.770. The van der Waals surface area contributed by atoms with Gasteiger partial charge in [0.15, 0.2) is 10.8 Å². The molecule has 1 aromatic heterocycles. The molecule has 2 aromatic rings. The Morgan fingerprint density at radius 2 is 1.91 bits per heavy atom. The lowest BCUT2D eigenvalue weighted by atomic mass is 9.86. The third-order valence-electron chi connectivity index (χ3n) is 3.68. The molecule has 1 unspecified atom stereocenters. The Morgan fingerprint density at radius 1 is 1.32 bits per heavy atom. The fourth-order valence-electron chi connectivity index (χ4n) is 2.42. The minimum absolute atomic E-state index is 0.0707. The first-order chi connectivity index (χ1) is 10.2. The zero-order valence-corrected chi connectivity index (χ0v) is 14.2. The molecule has 0 saturated carbocycles. The van der Waals surface area contributed by atoms with E-state index in [4.69, 9.17) is 5.73 Å². The molecule has 3 N–H and O–H groups in total. The summed E-state index contributed by atoms with van der Waals surface area (Å²) < 4.78 is 0. The van der Waals surface area contributed by atoms with Crippen molar-refractivity contribution in [3.05, 3.63) is 46.0 Å². The Bertz CT molecular complexity index is 669. The number of aromatic carboxylic acids is 1. The predicted octanol–water partition coefficient (Wildman–Crippen LogP) is 4.07. The maximum atomic E-state index is 11.2. The summed E-state index contributed by atoms with van der Waals surface area (Å²) in [6.45, 7) is 8.56. The fourth-order valence-corrected chi connectivity index (χ4v) is 3.30. The highest BCUT2D eigenvalue weighted by atomic mass is 32.1. The minimum atomic E-state index is -1.02. The number of carboxylic acid groups (broad SMARTS) is 1. The second kappa shape index (κ2) is 6.08. The van der Waals surface area contributed by atoms with E-state index in [1.165, 1.54) is 22.5 Å². The monoisotopic (exact) mass is 318 g/mol. The van der Waals surface area contributed by atoms with Gasteiger partial charge in [-0.25, -0.2) is 9.78 Å². The van der Waals surface area contributed by atoms with Crippen molar-refractivity contribution < 1.29 is 9.90 Å². The molecule has 4 nitrogen and oxygen atoms in total. The molecule has 2 rings (SSSR count). The van der Waals surface area contributed by atoms with Gasteiger partial charge in [0.05, 0.1) is 0 Å². The van der Waals surface area contributed by atoms with E-state index in [1.54, 1.807) is 0 Å². The van der Waals surface area contributed by atoms with Crippen molar-refractivity contribution in [3.8, 4) is 0 Å². The van der Waals surface area contributed by atoms with Gasteiger partial charge in [0, 0.05) is 4.88 Å². The highest BCUT2D eigenvalue weighted by Gasteiger charge is 2.21. The second-order valence-electron chi connectivity index (χ2n) is 6.62. The molecule has 5 heteroatoms. The Morgan fingerprint density at radius 3 is 2.41 bits per heavy atom. The number of nitrogens with zero attached hydrogens (tertiary/aromatic N) is 1. The van der Waals surface area contributed by atoms with Crippen molar-refractivity contribution in [2.45, 2.75) is 45.4 Å². The van der Waals surface area contributed by atoms with Gasteiger partial charge in [-0.3, -0.25) is 0 Å². The topological polar surface area (TPSA) is 76.2 Å². The standard InChI is InChI=1S/C17H22N2O2S/c1-10(14-13(15(20)21)19-16(18)22-14)9-11-5-7-12(8-6-11)17(2,3)4/h5-8,10H,9H2,1-4H3,(H2,18,19)(H,20,21). The number of carboxylic acids is 1. The van der Waals surface area contributed by atoms with Crippen molar-refractivity contribution in [2.24, 2.45) is 0 Å². The third kappa shape index (κ3) is 3.65. The van der Waals surface area contributed by atoms with Crippen molar-refractivity contribution in [1.82, 2.24) is 4.98 Å². The van der Waals surface area contributed by atoms with Gasteiger partial charge < -0.3 is 10.8 Å². The zero-order valence-electron chi connectivity index (χ0n) is 13.4. The Labute approximate surface area is 135 Å². The molecule has 0 saturated heterocycles. The van der Waals surface area contributed by atoms with Crippen LogP contribution in [-0.4, -0.2) is 16.1 Å². The van der Waals surface area contributed by atoms with Crippen molar-refractivity contribution in [3.63, 3.8) is 0 Å². The van der Waals surface area contributed by atoms with E-state index in [0.717, 1.165) is 11.3 Å². The van der Waals surface area contributed by atoms with E-state index < -0.39 is 5.97 Å². The molecule has 0 aliphatic rings. The molecule has 1 heterocycles. The van der Waals surface area contributed by atoms with Crippen LogP contribution in [0, 0.1) is 0 Å². The number of rotatable bonds is 4. The van der Waals surface area contributed by atoms with Crippen LogP contribution in [0.5, 0.6) is 0 Å². The van der Waals surface area contributed by atoms with Crippen LogP contribution >= 0.6 is 11.3 Å². The van der Waals surface area contributed by atoms with Gasteiger partial charge in [-0.1, -0.05) is 52.0 Å². The van der Waals surface area contributed by atoms with Gasteiger partial charge in [-0.15, -0.1) is 11.3 Å². The summed E-state index contributed by atoms with van der Waals surface area (Å²) in [7, 11) is 0. The van der Waals surface area contributed by atoms with Crippen LogP contribution < -0.4 is 5.73 Å². The summed E-state index contributed by atoms with van der Waals surface area (Å²) in [6, 6.07) is 8.51. The van der Waals surface area contributed by atoms with Gasteiger partial charge in [0.1, 0.15) is 0 Å². The first-order valence-corrected chi connectivity index (χ1v) is 8.09. The fraction of sp³-hybridized carbons (Fsp3) is 0.412. The zero-order chi connectivity index (χ0) is 16.5. The van der Waals surface area contributed by atoms with Crippen LogP contribution in [0.3, 0.4) is 0 Å². The average Bonchev–Trinajstić information content (AvgIpc) is 2.81. The highest BCUT2D eigenvalue weighted by molar-refractivity contribution is 7.15. The lowest BCUT2D eigenvalue weighted by Crippen LogP contribution is -2.11. The summed E-state index contributed by atoms with van der Waals surface area (Å²) >= 11 is 1.26. The average molecular weight is 318 g/mol. The van der Waals surface area contributed by atoms with E-state index in [0.29, 0.717) is 5.13 Å². The molecule has 0 amide bonds.